The molecular formula is C18H26N2O4S2. The largest absolute Gasteiger partial charge is 0.353 e. The fourth-order valence-corrected chi connectivity index (χ4v) is 8.45. The van der Waals surface area contributed by atoms with Gasteiger partial charge in [-0.3, -0.25) is 4.99 Å². The van der Waals surface area contributed by atoms with Crippen LogP contribution in [0.25, 0.3) is 0 Å². The second-order valence-corrected chi connectivity index (χ2v) is 12.4. The number of benzene rings is 1. The van der Waals surface area contributed by atoms with Gasteiger partial charge in [0.25, 0.3) is 0 Å². The van der Waals surface area contributed by atoms with Crippen LogP contribution in [0.5, 0.6) is 0 Å². The fourth-order valence-electron chi connectivity index (χ4n) is 3.68. The maximum absolute atomic E-state index is 13.2. The van der Waals surface area contributed by atoms with Crippen LogP contribution in [0.15, 0.2) is 34.2 Å². The summed E-state index contributed by atoms with van der Waals surface area (Å²) in [5, 5.41) is -0.962. The summed E-state index contributed by atoms with van der Waals surface area (Å²) >= 11 is 0. The monoisotopic (exact) mass is 398 g/mol. The van der Waals surface area contributed by atoms with E-state index in [0.29, 0.717) is 13.1 Å². The van der Waals surface area contributed by atoms with E-state index in [2.05, 4.69) is 25.8 Å². The van der Waals surface area contributed by atoms with Crippen molar-refractivity contribution in [3.05, 3.63) is 29.8 Å². The second kappa shape index (κ2) is 6.34. The zero-order valence-corrected chi connectivity index (χ0v) is 17.3. The number of hydrogen-bond acceptors (Lipinski definition) is 6. The lowest BCUT2D eigenvalue weighted by molar-refractivity contribution is 0.360. The van der Waals surface area contributed by atoms with Crippen molar-refractivity contribution < 1.29 is 16.8 Å². The molecule has 6 nitrogen and oxygen atoms in total. The van der Waals surface area contributed by atoms with Crippen LogP contribution < -0.4 is 0 Å². The zero-order chi connectivity index (χ0) is 19.3. The van der Waals surface area contributed by atoms with E-state index < -0.39 is 31.0 Å². The molecule has 0 bridgehead atoms. The lowest BCUT2D eigenvalue weighted by atomic mass is 9.87. The van der Waals surface area contributed by atoms with Gasteiger partial charge in [-0.1, -0.05) is 32.9 Å². The molecule has 2 heterocycles. The minimum Gasteiger partial charge on any atom is -0.353 e. The van der Waals surface area contributed by atoms with E-state index in [1.807, 2.05) is 17.0 Å². The van der Waals surface area contributed by atoms with E-state index in [4.69, 9.17) is 0 Å². The second-order valence-electron chi connectivity index (χ2n) is 8.12. The van der Waals surface area contributed by atoms with Gasteiger partial charge in [0, 0.05) is 6.54 Å². The van der Waals surface area contributed by atoms with E-state index >= 15 is 0 Å². The topological polar surface area (TPSA) is 83.9 Å². The highest BCUT2D eigenvalue weighted by atomic mass is 32.2. The van der Waals surface area contributed by atoms with Crippen LogP contribution in [0.2, 0.25) is 0 Å². The van der Waals surface area contributed by atoms with E-state index in [-0.39, 0.29) is 21.8 Å². The molecule has 0 N–H and O–H groups in total. The highest BCUT2D eigenvalue weighted by Gasteiger charge is 2.49. The van der Waals surface area contributed by atoms with Crippen molar-refractivity contribution in [2.75, 3.05) is 24.6 Å². The van der Waals surface area contributed by atoms with E-state index in [0.717, 1.165) is 11.4 Å². The molecule has 0 saturated carbocycles. The Labute approximate surface area is 156 Å². The standard InChI is InChI=1S/C18H26N2O4S2/c1-13-19-9-10-20(13)16-11-25(21,22)12-17(16)26(23,24)15-7-5-14(6-8-15)18(2,3)4/h5-8,16-17H,9-12H2,1-4H3/t16-,17-/m0/s1. The molecule has 26 heavy (non-hydrogen) atoms. The summed E-state index contributed by atoms with van der Waals surface area (Å²) in [4.78, 5) is 6.32. The van der Waals surface area contributed by atoms with Crippen molar-refractivity contribution in [2.45, 2.75) is 49.3 Å². The number of aliphatic imine (C=N–C) groups is 1. The molecule has 1 aromatic carbocycles. The zero-order valence-electron chi connectivity index (χ0n) is 15.6. The molecule has 144 valence electrons. The first kappa shape index (κ1) is 19.4. The van der Waals surface area contributed by atoms with Gasteiger partial charge in [0.1, 0.15) is 5.25 Å². The molecule has 2 aliphatic rings. The average molecular weight is 399 g/mol. The van der Waals surface area contributed by atoms with E-state index in [1.165, 1.54) is 0 Å². The summed E-state index contributed by atoms with van der Waals surface area (Å²) in [6.45, 7) is 9.14. The molecule has 1 saturated heterocycles. The van der Waals surface area contributed by atoms with Crippen LogP contribution in [0.4, 0.5) is 0 Å². The van der Waals surface area contributed by atoms with Crippen LogP contribution in [0.1, 0.15) is 33.3 Å². The smallest absolute Gasteiger partial charge is 0.184 e. The highest BCUT2D eigenvalue weighted by molar-refractivity contribution is 7.96. The van der Waals surface area contributed by atoms with Gasteiger partial charge in [-0.25, -0.2) is 16.8 Å². The molecule has 1 fully saturated rings. The van der Waals surface area contributed by atoms with Crippen molar-refractivity contribution in [3.63, 3.8) is 0 Å². The Morgan fingerprint density at radius 3 is 2.23 bits per heavy atom. The maximum atomic E-state index is 13.2. The number of nitrogens with zero attached hydrogens (tertiary/aromatic N) is 2. The van der Waals surface area contributed by atoms with Crippen LogP contribution in [-0.4, -0.2) is 63.5 Å². The van der Waals surface area contributed by atoms with Gasteiger partial charge in [0.15, 0.2) is 19.7 Å². The number of sulfone groups is 2. The molecule has 8 heteroatoms. The maximum Gasteiger partial charge on any atom is 0.184 e. The molecule has 3 rings (SSSR count). The molecule has 2 atom stereocenters. The Bertz CT molecular complexity index is 926. The number of rotatable bonds is 3. The minimum atomic E-state index is -3.76. The summed E-state index contributed by atoms with van der Waals surface area (Å²) in [7, 11) is -7.16. The summed E-state index contributed by atoms with van der Waals surface area (Å²) in [6.07, 6.45) is 0. The van der Waals surface area contributed by atoms with Gasteiger partial charge in [0.2, 0.25) is 0 Å². The Morgan fingerprint density at radius 2 is 1.73 bits per heavy atom. The lowest BCUT2D eigenvalue weighted by Gasteiger charge is -2.29. The highest BCUT2D eigenvalue weighted by Crippen LogP contribution is 2.31. The predicted octanol–water partition coefficient (Wildman–Crippen LogP) is 1.66. The van der Waals surface area contributed by atoms with E-state index in [9.17, 15) is 16.8 Å². The molecule has 1 aromatic rings. The minimum absolute atomic E-state index is 0.0787. The third kappa shape index (κ3) is 3.53. The molecule has 0 unspecified atom stereocenters. The van der Waals surface area contributed by atoms with Crippen LogP contribution in [-0.2, 0) is 25.1 Å². The summed E-state index contributed by atoms with van der Waals surface area (Å²) in [6, 6.07) is 6.26. The molecule has 0 aliphatic carbocycles. The van der Waals surface area contributed by atoms with Gasteiger partial charge < -0.3 is 4.90 Å². The molecule has 0 aromatic heterocycles. The summed E-state index contributed by atoms with van der Waals surface area (Å²) < 4.78 is 50.9. The van der Waals surface area contributed by atoms with Crippen molar-refractivity contribution in [1.82, 2.24) is 4.90 Å². The van der Waals surface area contributed by atoms with Gasteiger partial charge in [0.05, 0.1) is 34.8 Å². The molecule has 0 amide bonds. The van der Waals surface area contributed by atoms with E-state index in [1.54, 1.807) is 19.1 Å². The molecule has 0 radical (unpaired) electrons. The summed E-state index contributed by atoms with van der Waals surface area (Å²) in [5.41, 5.74) is 0.958. The van der Waals surface area contributed by atoms with Crippen LogP contribution in [0.3, 0.4) is 0 Å². The van der Waals surface area contributed by atoms with Crippen molar-refractivity contribution in [3.8, 4) is 0 Å². The third-order valence-electron chi connectivity index (χ3n) is 5.22. The predicted molar refractivity (Wildman–Crippen MR) is 103 cm³/mol. The van der Waals surface area contributed by atoms with Crippen molar-refractivity contribution in [1.29, 1.82) is 0 Å². The Hall–Kier alpha value is -1.41. The summed E-state index contributed by atoms with van der Waals surface area (Å²) in [5.74, 6) is 0.254. The first-order valence-electron chi connectivity index (χ1n) is 8.74. The first-order chi connectivity index (χ1) is 11.9. The van der Waals surface area contributed by atoms with Gasteiger partial charge in [-0.15, -0.1) is 0 Å². The average Bonchev–Trinajstić information content (AvgIpc) is 3.09. The first-order valence-corrected chi connectivity index (χ1v) is 12.1. The molecule has 0 spiro atoms. The normalized spacial score (nSPS) is 26.2. The Balaban J connectivity index is 1.97. The van der Waals surface area contributed by atoms with Gasteiger partial charge in [-0.2, -0.15) is 0 Å². The number of amidine groups is 1. The van der Waals surface area contributed by atoms with Crippen molar-refractivity contribution >= 4 is 25.5 Å². The third-order valence-corrected chi connectivity index (χ3v) is 9.35. The lowest BCUT2D eigenvalue weighted by Crippen LogP contribution is -2.47. The number of hydrogen-bond donors (Lipinski definition) is 0. The van der Waals surface area contributed by atoms with Crippen LogP contribution in [0, 0.1) is 0 Å². The quantitative estimate of drug-likeness (QED) is 0.773. The van der Waals surface area contributed by atoms with Crippen molar-refractivity contribution in [2.24, 2.45) is 4.99 Å². The Kier molecular flexibility index (Phi) is 4.72. The van der Waals surface area contributed by atoms with Crippen LogP contribution >= 0.6 is 0 Å². The molecular weight excluding hydrogens is 372 g/mol. The fraction of sp³-hybridized carbons (Fsp3) is 0.611. The SMILES string of the molecule is CC1=NCCN1[C@H]1CS(=O)(=O)C[C@@H]1S(=O)(=O)c1ccc(C(C)(C)C)cc1. The Morgan fingerprint density at radius 1 is 1.12 bits per heavy atom. The van der Waals surface area contributed by atoms with Gasteiger partial charge >= 0.3 is 0 Å². The van der Waals surface area contributed by atoms with Gasteiger partial charge in [-0.05, 0) is 30.0 Å². The molecule has 2 aliphatic heterocycles.